The summed E-state index contributed by atoms with van der Waals surface area (Å²) in [5, 5.41) is 2.15. The molecule has 30 heavy (non-hydrogen) atoms. The number of carbonyl (C=O) groups is 1. The number of piperidine rings is 1. The first-order valence-electron chi connectivity index (χ1n) is 9.59. The summed E-state index contributed by atoms with van der Waals surface area (Å²) in [6.07, 6.45) is -2.93. The number of likely N-dealkylation sites (tertiary alicyclic amines) is 1. The lowest BCUT2D eigenvalue weighted by molar-refractivity contribution is -0.137. The fourth-order valence-corrected chi connectivity index (χ4v) is 3.97. The van der Waals surface area contributed by atoms with Crippen LogP contribution in [-0.4, -0.2) is 34.0 Å². The normalized spacial score (nSPS) is 17.4. The van der Waals surface area contributed by atoms with E-state index in [0.29, 0.717) is 13.1 Å². The van der Waals surface area contributed by atoms with Gasteiger partial charge in [0.1, 0.15) is 5.82 Å². The Morgan fingerprint density at radius 2 is 2.07 bits per heavy atom. The van der Waals surface area contributed by atoms with Crippen LogP contribution in [0.3, 0.4) is 0 Å². The number of halogens is 4. The smallest absolute Gasteiger partial charge is 0.342 e. The van der Waals surface area contributed by atoms with E-state index in [4.69, 9.17) is 11.6 Å². The first kappa shape index (κ1) is 20.5. The lowest BCUT2D eigenvalue weighted by atomic mass is 9.97. The van der Waals surface area contributed by atoms with Crippen molar-refractivity contribution in [1.82, 2.24) is 14.9 Å². The Balaban J connectivity index is 1.48. The van der Waals surface area contributed by atoms with Gasteiger partial charge in [-0.05, 0) is 55.7 Å². The first-order valence-corrected chi connectivity index (χ1v) is 9.97. The van der Waals surface area contributed by atoms with E-state index < -0.39 is 22.8 Å². The number of amides is 2. The van der Waals surface area contributed by atoms with E-state index in [2.05, 4.69) is 15.3 Å². The predicted molar refractivity (Wildman–Crippen MR) is 110 cm³/mol. The first-order chi connectivity index (χ1) is 14.2. The minimum atomic E-state index is -4.59. The zero-order valence-electron chi connectivity index (χ0n) is 16.2. The third-order valence-corrected chi connectivity index (χ3v) is 5.60. The lowest BCUT2D eigenvalue weighted by Gasteiger charge is -2.32. The van der Waals surface area contributed by atoms with E-state index in [9.17, 15) is 18.0 Å². The largest absolute Gasteiger partial charge is 0.417 e. The van der Waals surface area contributed by atoms with Crippen LogP contribution in [0, 0.1) is 6.92 Å². The molecule has 0 aliphatic carbocycles. The number of H-pyrrole nitrogens is 1. The average molecular weight is 437 g/mol. The monoisotopic (exact) mass is 436 g/mol. The van der Waals surface area contributed by atoms with E-state index in [1.165, 1.54) is 6.07 Å². The molecular formula is C21H20ClF3N4O. The second kappa shape index (κ2) is 7.83. The maximum atomic E-state index is 13.1. The van der Waals surface area contributed by atoms with Gasteiger partial charge in [0.15, 0.2) is 0 Å². The van der Waals surface area contributed by atoms with Gasteiger partial charge in [0, 0.05) is 24.7 Å². The zero-order valence-corrected chi connectivity index (χ0v) is 16.9. The van der Waals surface area contributed by atoms with Crippen LogP contribution in [0.25, 0.3) is 11.0 Å². The van der Waals surface area contributed by atoms with Gasteiger partial charge in [-0.15, -0.1) is 0 Å². The van der Waals surface area contributed by atoms with Crippen molar-refractivity contribution in [2.24, 2.45) is 0 Å². The number of imidazole rings is 1. The molecule has 2 aromatic carbocycles. The Labute approximate surface area is 176 Å². The van der Waals surface area contributed by atoms with Crippen molar-refractivity contribution in [2.75, 3.05) is 18.4 Å². The van der Waals surface area contributed by atoms with Crippen molar-refractivity contribution in [3.8, 4) is 0 Å². The van der Waals surface area contributed by atoms with Gasteiger partial charge in [0.25, 0.3) is 0 Å². The number of anilines is 1. The Hall–Kier alpha value is -2.74. The van der Waals surface area contributed by atoms with Crippen molar-refractivity contribution in [3.05, 3.63) is 58.4 Å². The molecule has 1 fully saturated rings. The van der Waals surface area contributed by atoms with E-state index in [1.807, 2.05) is 25.1 Å². The van der Waals surface area contributed by atoms with Crippen molar-refractivity contribution in [1.29, 1.82) is 0 Å². The molecule has 3 aromatic rings. The standard InChI is InChI=1S/C21H20ClF3N4O/c1-12-4-7-17-18(9-12)28-19(27-17)13-3-2-8-29(11-13)20(30)26-14-5-6-16(22)15(10-14)21(23,24)25/h4-7,9-10,13H,2-3,8,11H2,1H3,(H,26,30)(H,27,28)/t13-/m0/s1. The molecule has 158 valence electrons. The summed E-state index contributed by atoms with van der Waals surface area (Å²) in [5.41, 5.74) is 2.03. The lowest BCUT2D eigenvalue weighted by Crippen LogP contribution is -2.41. The average Bonchev–Trinajstić information content (AvgIpc) is 3.12. The Morgan fingerprint density at radius 1 is 1.27 bits per heavy atom. The van der Waals surface area contributed by atoms with E-state index in [0.717, 1.165) is 47.4 Å². The number of aromatic nitrogens is 2. The zero-order chi connectivity index (χ0) is 21.5. The molecule has 1 aliphatic heterocycles. The molecule has 5 nitrogen and oxygen atoms in total. The number of carbonyl (C=O) groups excluding carboxylic acids is 1. The number of nitrogens with one attached hydrogen (secondary N) is 2. The van der Waals surface area contributed by atoms with Crippen LogP contribution in [0.15, 0.2) is 36.4 Å². The number of aromatic amines is 1. The van der Waals surface area contributed by atoms with Gasteiger partial charge in [0.05, 0.1) is 21.6 Å². The van der Waals surface area contributed by atoms with Crippen molar-refractivity contribution in [2.45, 2.75) is 31.9 Å². The van der Waals surface area contributed by atoms with Crippen molar-refractivity contribution >= 4 is 34.4 Å². The van der Waals surface area contributed by atoms with Crippen LogP contribution in [0.4, 0.5) is 23.7 Å². The fraction of sp³-hybridized carbons (Fsp3) is 0.333. The summed E-state index contributed by atoms with van der Waals surface area (Å²) in [7, 11) is 0. The highest BCUT2D eigenvalue weighted by Crippen LogP contribution is 2.36. The van der Waals surface area contributed by atoms with Crippen molar-refractivity contribution in [3.63, 3.8) is 0 Å². The Kier molecular flexibility index (Phi) is 5.36. The second-order valence-corrected chi connectivity index (χ2v) is 7.96. The van der Waals surface area contributed by atoms with Gasteiger partial charge in [-0.1, -0.05) is 17.7 Å². The molecule has 2 N–H and O–H groups in total. The molecule has 1 aromatic heterocycles. The molecule has 0 saturated carbocycles. The molecule has 0 bridgehead atoms. The number of hydrogen-bond acceptors (Lipinski definition) is 2. The van der Waals surface area contributed by atoms with Crippen LogP contribution in [0.1, 0.15) is 35.7 Å². The summed E-state index contributed by atoms with van der Waals surface area (Å²) in [4.78, 5) is 22.3. The molecule has 1 atom stereocenters. The number of urea groups is 1. The van der Waals surface area contributed by atoms with Crippen LogP contribution in [0.5, 0.6) is 0 Å². The van der Waals surface area contributed by atoms with Gasteiger partial charge in [-0.25, -0.2) is 9.78 Å². The minimum Gasteiger partial charge on any atom is -0.342 e. The molecule has 0 spiro atoms. The van der Waals surface area contributed by atoms with Crippen molar-refractivity contribution < 1.29 is 18.0 Å². The maximum absolute atomic E-state index is 13.1. The molecule has 2 amide bonds. The number of aryl methyl sites for hydroxylation is 1. The summed E-state index contributed by atoms with van der Waals surface area (Å²) >= 11 is 5.64. The molecule has 1 saturated heterocycles. The van der Waals surface area contributed by atoms with E-state index in [1.54, 1.807) is 4.90 Å². The molecule has 1 aliphatic rings. The van der Waals surface area contributed by atoms with Gasteiger partial charge >= 0.3 is 12.2 Å². The van der Waals surface area contributed by atoms with Gasteiger partial charge < -0.3 is 15.2 Å². The highest BCUT2D eigenvalue weighted by Gasteiger charge is 2.34. The second-order valence-electron chi connectivity index (χ2n) is 7.55. The van der Waals surface area contributed by atoms with Crippen LogP contribution < -0.4 is 5.32 Å². The molecule has 9 heteroatoms. The summed E-state index contributed by atoms with van der Waals surface area (Å²) in [5.74, 6) is 0.854. The molecule has 2 heterocycles. The minimum absolute atomic E-state index is 0.0353. The highest BCUT2D eigenvalue weighted by atomic mass is 35.5. The van der Waals surface area contributed by atoms with E-state index >= 15 is 0 Å². The van der Waals surface area contributed by atoms with Crippen LogP contribution in [-0.2, 0) is 6.18 Å². The topological polar surface area (TPSA) is 61.0 Å². The number of alkyl halides is 3. The Morgan fingerprint density at radius 3 is 2.83 bits per heavy atom. The quantitative estimate of drug-likeness (QED) is 0.521. The fourth-order valence-electron chi connectivity index (χ4n) is 3.74. The number of fused-ring (bicyclic) bond motifs is 1. The summed E-state index contributed by atoms with van der Waals surface area (Å²) in [6, 6.07) is 8.88. The molecular weight excluding hydrogens is 417 g/mol. The number of hydrogen-bond donors (Lipinski definition) is 2. The SMILES string of the molecule is Cc1ccc2nc([C@H]3CCCN(C(=O)Nc4ccc(Cl)c(C(F)(F)F)c4)C3)[nH]c2c1. The van der Waals surface area contributed by atoms with Gasteiger partial charge in [-0.3, -0.25) is 0 Å². The summed E-state index contributed by atoms with van der Waals surface area (Å²) < 4.78 is 39.2. The summed E-state index contributed by atoms with van der Waals surface area (Å²) in [6.45, 7) is 2.97. The third kappa shape index (κ3) is 4.23. The highest BCUT2D eigenvalue weighted by molar-refractivity contribution is 6.31. The molecule has 0 unspecified atom stereocenters. The van der Waals surface area contributed by atoms with Gasteiger partial charge in [0.2, 0.25) is 0 Å². The van der Waals surface area contributed by atoms with Gasteiger partial charge in [-0.2, -0.15) is 13.2 Å². The van der Waals surface area contributed by atoms with Crippen LogP contribution in [0.2, 0.25) is 5.02 Å². The number of nitrogens with zero attached hydrogens (tertiary/aromatic N) is 2. The number of rotatable bonds is 2. The molecule has 4 rings (SSSR count). The van der Waals surface area contributed by atoms with E-state index in [-0.39, 0.29) is 11.6 Å². The third-order valence-electron chi connectivity index (χ3n) is 5.27. The molecule has 0 radical (unpaired) electrons. The van der Waals surface area contributed by atoms with Crippen LogP contribution >= 0.6 is 11.6 Å². The number of benzene rings is 2. The Bertz CT molecular complexity index is 1100. The maximum Gasteiger partial charge on any atom is 0.417 e. The predicted octanol–water partition coefficient (Wildman–Crippen LogP) is 5.96.